The zero-order valence-electron chi connectivity index (χ0n) is 12.9. The van der Waals surface area contributed by atoms with Crippen LogP contribution >= 0.6 is 31.9 Å². The quantitative estimate of drug-likeness (QED) is 0.340. The number of carbonyl (C=O) groups is 2. The number of Topliss-reactive ketones (excluding diaryl/α,β-unsaturated/α-hetero) is 2. The summed E-state index contributed by atoms with van der Waals surface area (Å²) >= 11 is 6.48. The third-order valence-corrected chi connectivity index (χ3v) is 5.68. The molecule has 0 N–H and O–H groups in total. The number of allylic oxidation sites excluding steroid dienone is 4. The summed E-state index contributed by atoms with van der Waals surface area (Å²) in [5.74, 6) is -0.113. The molecule has 4 heteroatoms. The molecule has 0 bridgehead atoms. The van der Waals surface area contributed by atoms with E-state index >= 15 is 0 Å². The first-order valence-electron chi connectivity index (χ1n) is 7.85. The van der Waals surface area contributed by atoms with Crippen molar-refractivity contribution in [1.82, 2.24) is 0 Å². The van der Waals surface area contributed by atoms with Gasteiger partial charge in [-0.2, -0.15) is 0 Å². The predicted molar refractivity (Wildman–Crippen MR) is 94.8 cm³/mol. The van der Waals surface area contributed by atoms with Crippen LogP contribution in [0.1, 0.15) is 71.6 Å². The lowest BCUT2D eigenvalue weighted by Crippen LogP contribution is -2.18. The number of carbonyl (C=O) groups excluding carboxylic acids is 2. The van der Waals surface area contributed by atoms with Crippen molar-refractivity contribution in [2.75, 3.05) is 0 Å². The fourth-order valence-electron chi connectivity index (χ4n) is 2.49. The second kappa shape index (κ2) is 9.73. The van der Waals surface area contributed by atoms with Gasteiger partial charge in [-0.05, 0) is 51.6 Å². The van der Waals surface area contributed by atoms with E-state index in [0.717, 1.165) is 12.8 Å². The number of hydrogen-bond donors (Lipinski definition) is 0. The minimum Gasteiger partial charge on any atom is -0.289 e. The van der Waals surface area contributed by atoms with E-state index in [1.807, 2.05) is 0 Å². The van der Waals surface area contributed by atoms with Crippen molar-refractivity contribution in [2.45, 2.75) is 71.6 Å². The third kappa shape index (κ3) is 5.48. The first-order chi connectivity index (χ1) is 10.0. The summed E-state index contributed by atoms with van der Waals surface area (Å²) in [6.45, 7) is 3.93. The van der Waals surface area contributed by atoms with Gasteiger partial charge in [0.25, 0.3) is 0 Å². The lowest BCUT2D eigenvalue weighted by molar-refractivity contribution is -0.115. The minimum atomic E-state index is -0.110. The van der Waals surface area contributed by atoms with E-state index in [2.05, 4.69) is 38.8 Å². The molecule has 0 aliphatic heterocycles. The number of unbranched alkanes of at least 4 members (excludes halogenated alkanes) is 7. The Kier molecular flexibility index (Phi) is 8.72. The first kappa shape index (κ1) is 18.8. The van der Waals surface area contributed by atoms with Gasteiger partial charge in [0, 0.05) is 11.1 Å². The van der Waals surface area contributed by atoms with Crippen molar-refractivity contribution in [1.29, 1.82) is 0 Å². The second-order valence-corrected chi connectivity index (χ2v) is 7.20. The molecular weight excluding hydrogens is 396 g/mol. The summed E-state index contributed by atoms with van der Waals surface area (Å²) in [4.78, 5) is 24.2. The maximum absolute atomic E-state index is 12.2. The zero-order chi connectivity index (χ0) is 15.8. The predicted octanol–water partition coefficient (Wildman–Crippen LogP) is 5.99. The van der Waals surface area contributed by atoms with E-state index in [4.69, 9.17) is 0 Å². The smallest absolute Gasteiger partial charge is 0.207 e. The zero-order valence-corrected chi connectivity index (χ0v) is 16.1. The molecule has 0 aromatic rings. The Hall–Kier alpha value is -0.220. The highest BCUT2D eigenvalue weighted by Gasteiger charge is 2.29. The summed E-state index contributed by atoms with van der Waals surface area (Å²) in [7, 11) is 0. The Morgan fingerprint density at radius 2 is 1.29 bits per heavy atom. The Morgan fingerprint density at radius 3 is 1.86 bits per heavy atom. The minimum absolute atomic E-state index is 0.00343. The summed E-state index contributed by atoms with van der Waals surface area (Å²) in [6.07, 6.45) is 10.5. The molecule has 1 rings (SSSR count). The topological polar surface area (TPSA) is 34.1 Å². The maximum atomic E-state index is 12.2. The molecule has 1 aliphatic rings. The fraction of sp³-hybridized carbons (Fsp3) is 0.647. The van der Waals surface area contributed by atoms with Crippen LogP contribution in [-0.2, 0) is 9.59 Å². The highest BCUT2D eigenvalue weighted by Crippen LogP contribution is 2.33. The standard InChI is InChI=1S/C17H24Br2O2/c1-3-4-5-6-7-8-9-10-11-13-15(19)17(21)14(18)12(2)16(13)20/h3-11H2,1-2H3. The summed E-state index contributed by atoms with van der Waals surface area (Å²) < 4.78 is 0.826. The van der Waals surface area contributed by atoms with E-state index in [-0.39, 0.29) is 11.6 Å². The number of ketones is 2. The normalized spacial score (nSPS) is 16.2. The first-order valence-corrected chi connectivity index (χ1v) is 9.43. The lowest BCUT2D eigenvalue weighted by atomic mass is 9.92. The maximum Gasteiger partial charge on any atom is 0.207 e. The van der Waals surface area contributed by atoms with Crippen LogP contribution in [-0.4, -0.2) is 11.6 Å². The van der Waals surface area contributed by atoms with Gasteiger partial charge in [-0.1, -0.05) is 51.9 Å². The summed E-state index contributed by atoms with van der Waals surface area (Å²) in [5, 5.41) is 0. The van der Waals surface area contributed by atoms with E-state index in [1.54, 1.807) is 6.92 Å². The molecule has 0 unspecified atom stereocenters. The van der Waals surface area contributed by atoms with Crippen LogP contribution in [0, 0.1) is 0 Å². The van der Waals surface area contributed by atoms with Gasteiger partial charge < -0.3 is 0 Å². The summed E-state index contributed by atoms with van der Waals surface area (Å²) in [5.41, 5.74) is 1.17. The number of rotatable bonds is 9. The molecule has 0 atom stereocenters. The van der Waals surface area contributed by atoms with Crippen LogP contribution in [0.15, 0.2) is 20.1 Å². The van der Waals surface area contributed by atoms with E-state index in [9.17, 15) is 9.59 Å². The van der Waals surface area contributed by atoms with Gasteiger partial charge in [0.1, 0.15) is 0 Å². The van der Waals surface area contributed by atoms with Gasteiger partial charge in [-0.25, -0.2) is 0 Å². The molecule has 0 heterocycles. The number of hydrogen-bond acceptors (Lipinski definition) is 2. The second-order valence-electron chi connectivity index (χ2n) is 5.61. The van der Waals surface area contributed by atoms with Gasteiger partial charge in [-0.15, -0.1) is 0 Å². The van der Waals surface area contributed by atoms with Crippen LogP contribution in [0.25, 0.3) is 0 Å². The van der Waals surface area contributed by atoms with Crippen LogP contribution in [0.4, 0.5) is 0 Å². The molecular formula is C17H24Br2O2. The van der Waals surface area contributed by atoms with E-state index in [0.29, 0.717) is 26.5 Å². The van der Waals surface area contributed by atoms with Crippen molar-refractivity contribution in [3.05, 3.63) is 20.1 Å². The van der Waals surface area contributed by atoms with Crippen LogP contribution in [0.2, 0.25) is 0 Å². The Balaban J connectivity index is 2.35. The monoisotopic (exact) mass is 418 g/mol. The molecule has 2 nitrogen and oxygen atoms in total. The molecule has 0 amide bonds. The highest BCUT2D eigenvalue weighted by atomic mass is 79.9. The van der Waals surface area contributed by atoms with E-state index < -0.39 is 0 Å². The van der Waals surface area contributed by atoms with Crippen LogP contribution in [0.3, 0.4) is 0 Å². The molecule has 0 radical (unpaired) electrons. The van der Waals surface area contributed by atoms with Crippen molar-refractivity contribution >= 4 is 43.4 Å². The molecule has 0 saturated carbocycles. The molecule has 0 aromatic carbocycles. The van der Waals surface area contributed by atoms with Gasteiger partial charge in [0.15, 0.2) is 5.78 Å². The molecule has 0 saturated heterocycles. The molecule has 118 valence electrons. The lowest BCUT2D eigenvalue weighted by Gasteiger charge is -2.16. The Labute approximate surface area is 144 Å². The number of halogens is 2. The van der Waals surface area contributed by atoms with Crippen LogP contribution < -0.4 is 0 Å². The van der Waals surface area contributed by atoms with Crippen LogP contribution in [0.5, 0.6) is 0 Å². The molecule has 1 aliphatic carbocycles. The SMILES string of the molecule is CCCCCCCCCCC1=C(Br)C(=O)C(Br)=C(C)C1=O. The average Bonchev–Trinajstić information content (AvgIpc) is 2.49. The third-order valence-electron chi connectivity index (χ3n) is 3.89. The van der Waals surface area contributed by atoms with Gasteiger partial charge in [-0.3, -0.25) is 9.59 Å². The summed E-state index contributed by atoms with van der Waals surface area (Å²) in [6, 6.07) is 0. The Morgan fingerprint density at radius 1 is 0.762 bits per heavy atom. The van der Waals surface area contributed by atoms with Crippen molar-refractivity contribution < 1.29 is 9.59 Å². The van der Waals surface area contributed by atoms with E-state index in [1.165, 1.54) is 38.5 Å². The van der Waals surface area contributed by atoms with Crippen molar-refractivity contribution in [2.24, 2.45) is 0 Å². The molecule has 0 aromatic heterocycles. The van der Waals surface area contributed by atoms with Crippen molar-refractivity contribution in [3.63, 3.8) is 0 Å². The van der Waals surface area contributed by atoms with Crippen molar-refractivity contribution in [3.8, 4) is 0 Å². The largest absolute Gasteiger partial charge is 0.289 e. The molecule has 0 fully saturated rings. The highest BCUT2D eigenvalue weighted by molar-refractivity contribution is 9.13. The van der Waals surface area contributed by atoms with Gasteiger partial charge in [0.05, 0.1) is 8.96 Å². The van der Waals surface area contributed by atoms with Gasteiger partial charge >= 0.3 is 0 Å². The molecule has 21 heavy (non-hydrogen) atoms. The van der Waals surface area contributed by atoms with Gasteiger partial charge in [0.2, 0.25) is 5.78 Å². The molecule has 0 spiro atoms. The Bertz CT molecular complexity index is 461. The fourth-order valence-corrected chi connectivity index (χ4v) is 3.71. The average molecular weight is 420 g/mol.